The van der Waals surface area contributed by atoms with Gasteiger partial charge in [0.1, 0.15) is 148 Å². The molecule has 0 bridgehead atoms. The van der Waals surface area contributed by atoms with E-state index in [2.05, 4.69) is 356 Å². The SMILES string of the molecule is CC(C)(c1ccc(C(C)(C)c2ccc(OCC3CO3)c(P)c2)cc1)c1ccc(OCC2CO2)c(P)c1.Pc1c(OCC2CO2)ccc2cc(-c3ccc4c(P)c(OCC5CO5)ccc4c3)ccc12.Pc1cc(Cc2c3ccccc3c(Cc3ccc(OCC4CO4)c(P)c3)c3ccccc23)ccc1OCC1CO1.Pc1cc2ccccc2c(-c2c(OCC3CO3)c(P)cc3ccccc23)c1OCC1CO1. The Morgan fingerprint density at radius 2 is 0.493 bits per heavy atom. The molecule has 0 amide bonds. The fraction of sp³-hybridized carbons (Fsp3) is 0.276. The Labute approximate surface area is 836 Å². The van der Waals surface area contributed by atoms with Crippen molar-refractivity contribution in [3.63, 3.8) is 0 Å². The van der Waals surface area contributed by atoms with E-state index >= 15 is 0 Å². The van der Waals surface area contributed by atoms with Crippen LogP contribution in [0.25, 0.3) is 86.9 Å². The van der Waals surface area contributed by atoms with Crippen molar-refractivity contribution in [3.8, 4) is 68.2 Å². The van der Waals surface area contributed by atoms with E-state index in [4.69, 9.17) is 75.8 Å². The fourth-order valence-corrected chi connectivity index (χ4v) is 21.3. The van der Waals surface area contributed by atoms with Gasteiger partial charge in [-0.25, -0.2) is 0 Å². The average Bonchev–Trinajstić information content (AvgIpc) is 1.43. The molecule has 16 unspecified atom stereocenters. The average molecular weight is 2010 g/mol. The standard InChI is InChI=1S/C34H32O4P2.C30H36O4P2.2C26H24O4P2/c39-33-15-21(9-11-31(33)37-19-23-17-35-23)13-29-25-5-1-2-6-26(25)30(28-8-4-3-7-27(28)29)14-22-10-12-32(34(40)16-22)38-20-24-18-36-24;1-29(2,21-9-11-25(27(35)13-21)33-17-23-15-31-23)19-5-7-20(8-6-19)30(3,4)22-10-12-26(28(36)14-22)34-18-24-16-32-24;31-25-21-5-1-15(9-17(21)3-7-23(25)29-13-19-11-27-19)16-2-6-22-18(10-16)4-8-24(26(22)32)30-14-20-12-28-20;31-21-9-15-5-1-3-7-19(15)23(25(21)29-13-17-11-27-17)24-20-8-4-2-6-16(20)10-22(32)26(24)30-14-18-12-28-18/h1-12,15-16,23-24H,13-14,17-20,39-40H2;5-14,23-24H,15-18,35-36H2,1-4H3;1-10,19-20H,11-14,31-32H2;1-10,17-18H,11-14,31-32H2. The first-order valence-electron chi connectivity index (χ1n) is 47.9. The molecule has 8 heterocycles. The number of ether oxygens (including phenoxy) is 16. The molecule has 0 aliphatic carbocycles. The molecule has 716 valence electrons. The van der Waals surface area contributed by atoms with Crippen molar-refractivity contribution in [2.75, 3.05) is 106 Å². The lowest BCUT2D eigenvalue weighted by molar-refractivity contribution is 0.263. The van der Waals surface area contributed by atoms with E-state index in [1.54, 1.807) is 0 Å². The van der Waals surface area contributed by atoms with Crippen molar-refractivity contribution in [3.05, 3.63) is 311 Å². The molecule has 8 aliphatic rings. The Hall–Kier alpha value is -9.40. The Kier molecular flexibility index (Phi) is 29.4. The van der Waals surface area contributed by atoms with Crippen LogP contribution in [0.3, 0.4) is 0 Å². The molecule has 0 N–H and O–H groups in total. The van der Waals surface area contributed by atoms with Gasteiger partial charge < -0.3 is 75.8 Å². The van der Waals surface area contributed by atoms with Crippen LogP contribution in [0.15, 0.2) is 267 Å². The van der Waals surface area contributed by atoms with Crippen LogP contribution >= 0.6 is 73.9 Å². The molecule has 8 aliphatic heterocycles. The molecule has 0 aromatic heterocycles. The summed E-state index contributed by atoms with van der Waals surface area (Å²) < 4.78 is 90.8. The third kappa shape index (κ3) is 23.2. The summed E-state index contributed by atoms with van der Waals surface area (Å²) in [6.45, 7) is 20.2. The van der Waals surface area contributed by atoms with Gasteiger partial charge in [0.15, 0.2) is 0 Å². The first-order valence-corrected chi connectivity index (χ1v) is 52.5. The number of epoxide rings is 8. The van der Waals surface area contributed by atoms with Crippen LogP contribution in [-0.4, -0.2) is 155 Å². The van der Waals surface area contributed by atoms with Gasteiger partial charge >= 0.3 is 0 Å². The van der Waals surface area contributed by atoms with Gasteiger partial charge in [-0.05, 0) is 218 Å². The highest BCUT2D eigenvalue weighted by atomic mass is 31.0. The van der Waals surface area contributed by atoms with Crippen molar-refractivity contribution < 1.29 is 75.8 Å². The third-order valence-electron chi connectivity index (χ3n) is 27.1. The van der Waals surface area contributed by atoms with Crippen LogP contribution < -0.4 is 80.3 Å². The molecule has 8 fully saturated rings. The van der Waals surface area contributed by atoms with Crippen LogP contribution in [0.2, 0.25) is 0 Å². The lowest BCUT2D eigenvalue weighted by Crippen LogP contribution is -2.23. The predicted molar refractivity (Wildman–Crippen MR) is 594 cm³/mol. The van der Waals surface area contributed by atoms with E-state index in [9.17, 15) is 0 Å². The Bertz CT molecular complexity index is 6820. The van der Waals surface area contributed by atoms with Crippen molar-refractivity contribution in [1.82, 2.24) is 0 Å². The molecule has 0 saturated carbocycles. The molecule has 0 radical (unpaired) electrons. The molecule has 8 saturated heterocycles. The molecule has 16 atom stereocenters. The smallest absolute Gasteiger partial charge is 0.135 e. The molecular weight excluding hydrogens is 1900 g/mol. The van der Waals surface area contributed by atoms with Crippen LogP contribution in [0.4, 0.5) is 0 Å². The molecular formula is C116H116O16P8. The quantitative estimate of drug-likeness (QED) is 0.0211. The second-order valence-corrected chi connectivity index (χ2v) is 43.1. The van der Waals surface area contributed by atoms with Crippen LogP contribution in [-0.2, 0) is 61.6 Å². The van der Waals surface area contributed by atoms with Crippen molar-refractivity contribution in [2.45, 2.75) is 100 Å². The molecule has 24 rings (SSSR count). The summed E-state index contributed by atoms with van der Waals surface area (Å²) in [6.07, 6.45) is 3.55. The minimum atomic E-state index is -0.135. The van der Waals surface area contributed by atoms with Gasteiger partial charge in [0, 0.05) is 64.4 Å². The van der Waals surface area contributed by atoms with E-state index in [1.807, 2.05) is 12.1 Å². The highest BCUT2D eigenvalue weighted by Crippen LogP contribution is 2.48. The number of rotatable bonds is 34. The summed E-state index contributed by atoms with van der Waals surface area (Å²) >= 11 is 0. The normalized spacial score (nSPS) is 18.8. The van der Waals surface area contributed by atoms with Crippen LogP contribution in [0.5, 0.6) is 46.0 Å². The summed E-state index contributed by atoms with van der Waals surface area (Å²) in [5, 5.41) is 23.1. The summed E-state index contributed by atoms with van der Waals surface area (Å²) in [7, 11) is 22.7. The Morgan fingerprint density at radius 1 is 0.236 bits per heavy atom. The van der Waals surface area contributed by atoms with Gasteiger partial charge in [0.2, 0.25) is 0 Å². The van der Waals surface area contributed by atoms with E-state index in [-0.39, 0.29) is 59.7 Å². The number of hydrogen-bond donors (Lipinski definition) is 0. The second kappa shape index (κ2) is 42.5. The van der Waals surface area contributed by atoms with E-state index in [1.165, 1.54) is 98.7 Å². The summed E-state index contributed by atoms with van der Waals surface area (Å²) in [5.74, 6) is 7.12. The molecule has 16 aromatic carbocycles. The maximum absolute atomic E-state index is 6.40. The lowest BCUT2D eigenvalue weighted by Gasteiger charge is -2.30. The van der Waals surface area contributed by atoms with Crippen LogP contribution in [0.1, 0.15) is 72.2 Å². The van der Waals surface area contributed by atoms with E-state index in [0.717, 1.165) is 187 Å². The summed E-state index contributed by atoms with van der Waals surface area (Å²) in [5.41, 5.74) is 14.6. The molecule has 0 spiro atoms. The van der Waals surface area contributed by atoms with Crippen molar-refractivity contribution in [1.29, 1.82) is 0 Å². The first kappa shape index (κ1) is 96.7. The first-order chi connectivity index (χ1) is 68.1. The lowest BCUT2D eigenvalue weighted by atomic mass is 9.74. The number of benzene rings is 16. The van der Waals surface area contributed by atoms with Gasteiger partial charge in [0.25, 0.3) is 0 Å². The maximum Gasteiger partial charge on any atom is 0.135 e. The summed E-state index contributed by atoms with van der Waals surface area (Å²) in [4.78, 5) is 0. The largest absolute Gasteiger partial charge is 0.490 e. The molecule has 140 heavy (non-hydrogen) atoms. The molecule has 16 aromatic rings. The summed E-state index contributed by atoms with van der Waals surface area (Å²) in [6, 6.07) is 95.5. The second-order valence-electron chi connectivity index (χ2n) is 38.2. The zero-order valence-corrected chi connectivity index (χ0v) is 88.1. The van der Waals surface area contributed by atoms with Gasteiger partial charge in [-0.3, -0.25) is 0 Å². The minimum absolute atomic E-state index is 0.135. The van der Waals surface area contributed by atoms with E-state index < -0.39 is 0 Å². The third-order valence-corrected chi connectivity index (χ3v) is 31.0. The van der Waals surface area contributed by atoms with Crippen LogP contribution in [0, 0.1) is 0 Å². The number of hydrogen-bond acceptors (Lipinski definition) is 16. The van der Waals surface area contributed by atoms with Gasteiger partial charge in [-0.2, -0.15) is 0 Å². The monoisotopic (exact) mass is 2010 g/mol. The fourth-order valence-electron chi connectivity index (χ4n) is 18.1. The zero-order valence-electron chi connectivity index (χ0n) is 78.9. The van der Waals surface area contributed by atoms with E-state index in [0.29, 0.717) is 52.9 Å². The van der Waals surface area contributed by atoms with Gasteiger partial charge in [-0.15, -0.1) is 73.9 Å². The zero-order chi connectivity index (χ0) is 95.9. The minimum Gasteiger partial charge on any atom is -0.490 e. The van der Waals surface area contributed by atoms with Gasteiger partial charge in [0.05, 0.1) is 52.9 Å². The van der Waals surface area contributed by atoms with Crippen molar-refractivity contribution in [2.24, 2.45) is 0 Å². The molecule has 24 heteroatoms. The molecule has 16 nitrogen and oxygen atoms in total. The predicted octanol–water partition coefficient (Wildman–Crippen LogP) is 19.1. The highest BCUT2D eigenvalue weighted by Gasteiger charge is 2.35. The maximum atomic E-state index is 6.40. The Balaban J connectivity index is 0.000000111. The van der Waals surface area contributed by atoms with Gasteiger partial charge in [-0.1, -0.05) is 210 Å². The topological polar surface area (TPSA) is 174 Å². The highest BCUT2D eigenvalue weighted by molar-refractivity contribution is 7.30. The Morgan fingerprint density at radius 3 is 0.793 bits per heavy atom. The number of fused-ring (bicyclic) bond motifs is 6. The van der Waals surface area contributed by atoms with Crippen molar-refractivity contribution >= 4 is 181 Å².